The number of carboxylic acid groups (broad SMARTS) is 1. The van der Waals surface area contributed by atoms with Gasteiger partial charge in [-0.2, -0.15) is 0 Å². The van der Waals surface area contributed by atoms with Crippen molar-refractivity contribution in [2.45, 2.75) is 44.6 Å². The molecule has 7 heteroatoms. The minimum absolute atomic E-state index is 0.0188. The van der Waals surface area contributed by atoms with Crippen LogP contribution >= 0.6 is 0 Å². The number of rotatable bonds is 6. The van der Waals surface area contributed by atoms with Crippen LogP contribution in [0, 0.1) is 11.3 Å². The number of carbonyl (C=O) groups is 3. The Morgan fingerprint density at radius 2 is 1.65 bits per heavy atom. The zero-order valence-corrected chi connectivity index (χ0v) is 19.5. The summed E-state index contributed by atoms with van der Waals surface area (Å²) < 4.78 is 5.65. The van der Waals surface area contributed by atoms with Gasteiger partial charge in [-0.1, -0.05) is 55.5 Å². The molecular formula is C27H30N2O5. The molecule has 1 heterocycles. The van der Waals surface area contributed by atoms with Gasteiger partial charge >= 0.3 is 12.1 Å². The predicted octanol–water partition coefficient (Wildman–Crippen LogP) is 4.02. The number of likely N-dealkylation sites (tertiary alicyclic amines) is 1. The van der Waals surface area contributed by atoms with Crippen molar-refractivity contribution in [2.24, 2.45) is 11.3 Å². The molecule has 2 aliphatic carbocycles. The summed E-state index contributed by atoms with van der Waals surface area (Å²) in [5.74, 6) is -1.14. The van der Waals surface area contributed by atoms with Crippen molar-refractivity contribution >= 4 is 18.0 Å². The lowest BCUT2D eigenvalue weighted by Gasteiger charge is -2.24. The van der Waals surface area contributed by atoms with Crippen molar-refractivity contribution < 1.29 is 24.2 Å². The van der Waals surface area contributed by atoms with Crippen molar-refractivity contribution in [2.75, 3.05) is 19.7 Å². The number of nitrogens with one attached hydrogen (secondary N) is 1. The first-order valence-corrected chi connectivity index (χ1v) is 11.9. The predicted molar refractivity (Wildman–Crippen MR) is 126 cm³/mol. The number of benzene rings is 2. The second kappa shape index (κ2) is 8.15. The van der Waals surface area contributed by atoms with Crippen LogP contribution in [0.25, 0.3) is 11.1 Å². The first kappa shape index (κ1) is 22.4. The van der Waals surface area contributed by atoms with E-state index in [-0.39, 0.29) is 37.3 Å². The summed E-state index contributed by atoms with van der Waals surface area (Å²) in [6.07, 6.45) is 1.07. The van der Waals surface area contributed by atoms with Gasteiger partial charge in [0.15, 0.2) is 0 Å². The summed E-state index contributed by atoms with van der Waals surface area (Å²) in [4.78, 5) is 38.9. The van der Waals surface area contributed by atoms with Gasteiger partial charge in [0.25, 0.3) is 0 Å². The highest BCUT2D eigenvalue weighted by atomic mass is 16.5. The second-order valence-electron chi connectivity index (χ2n) is 10.3. The van der Waals surface area contributed by atoms with Crippen LogP contribution in [0.2, 0.25) is 0 Å². The molecular weight excluding hydrogens is 432 g/mol. The van der Waals surface area contributed by atoms with E-state index in [2.05, 4.69) is 29.6 Å². The number of amides is 2. The van der Waals surface area contributed by atoms with Crippen LogP contribution in [-0.4, -0.2) is 53.2 Å². The maximum absolute atomic E-state index is 12.9. The zero-order chi connectivity index (χ0) is 24.1. The average molecular weight is 463 g/mol. The molecule has 2 fully saturated rings. The van der Waals surface area contributed by atoms with Crippen LogP contribution in [0.1, 0.15) is 50.2 Å². The molecule has 0 spiro atoms. The van der Waals surface area contributed by atoms with Gasteiger partial charge in [-0.15, -0.1) is 0 Å². The molecule has 2 aromatic rings. The third-order valence-corrected chi connectivity index (χ3v) is 8.00. The molecule has 178 valence electrons. The van der Waals surface area contributed by atoms with Crippen molar-refractivity contribution in [3.63, 3.8) is 0 Å². The van der Waals surface area contributed by atoms with E-state index in [0.29, 0.717) is 19.4 Å². The highest BCUT2D eigenvalue weighted by molar-refractivity contribution is 5.83. The maximum atomic E-state index is 12.9. The average Bonchev–Trinajstić information content (AvgIpc) is 3.37. The molecule has 2 amide bonds. The van der Waals surface area contributed by atoms with Gasteiger partial charge < -0.3 is 20.1 Å². The van der Waals surface area contributed by atoms with Crippen LogP contribution in [0.3, 0.4) is 0 Å². The Labute approximate surface area is 199 Å². The Kier molecular flexibility index (Phi) is 5.38. The molecule has 34 heavy (non-hydrogen) atoms. The topological polar surface area (TPSA) is 95.9 Å². The zero-order valence-electron chi connectivity index (χ0n) is 19.5. The number of fused-ring (bicyclic) bond motifs is 3. The molecule has 0 aromatic heterocycles. The summed E-state index contributed by atoms with van der Waals surface area (Å²) in [5.41, 5.74) is 3.11. The molecule has 2 aromatic carbocycles. The Hall–Kier alpha value is -3.35. The number of alkyl carbamates (subject to hydrolysis) is 1. The molecule has 1 aliphatic heterocycles. The Bertz CT molecular complexity index is 1110. The fraction of sp³-hybridized carbons (Fsp3) is 0.444. The highest BCUT2D eigenvalue weighted by Crippen LogP contribution is 2.45. The third-order valence-electron chi connectivity index (χ3n) is 8.00. The monoisotopic (exact) mass is 462 g/mol. The number of hydrogen-bond acceptors (Lipinski definition) is 4. The second-order valence-corrected chi connectivity index (χ2v) is 10.3. The number of carbonyl (C=O) groups excluding carboxylic acids is 2. The van der Waals surface area contributed by atoms with E-state index < -0.39 is 23.0 Å². The van der Waals surface area contributed by atoms with E-state index in [4.69, 9.17) is 4.74 Å². The lowest BCUT2D eigenvalue weighted by atomic mass is 9.81. The normalized spacial score (nSPS) is 24.3. The minimum Gasteiger partial charge on any atom is -0.481 e. The van der Waals surface area contributed by atoms with Gasteiger partial charge in [-0.25, -0.2) is 4.79 Å². The molecule has 1 saturated heterocycles. The molecule has 2 N–H and O–H groups in total. The van der Waals surface area contributed by atoms with Crippen molar-refractivity contribution in [3.8, 4) is 11.1 Å². The Morgan fingerprint density at radius 1 is 1.06 bits per heavy atom. The quantitative estimate of drug-likeness (QED) is 0.676. The fourth-order valence-electron chi connectivity index (χ4n) is 5.37. The van der Waals surface area contributed by atoms with Crippen LogP contribution < -0.4 is 5.32 Å². The Morgan fingerprint density at radius 3 is 2.18 bits per heavy atom. The van der Waals surface area contributed by atoms with Crippen molar-refractivity contribution in [1.82, 2.24) is 10.2 Å². The number of ether oxygens (including phenoxy) is 1. The van der Waals surface area contributed by atoms with E-state index in [9.17, 15) is 19.5 Å². The highest BCUT2D eigenvalue weighted by Gasteiger charge is 2.51. The largest absolute Gasteiger partial charge is 0.481 e. The summed E-state index contributed by atoms with van der Waals surface area (Å²) in [6.45, 7) is 4.40. The van der Waals surface area contributed by atoms with Gasteiger partial charge in [0.05, 0.1) is 17.4 Å². The summed E-state index contributed by atoms with van der Waals surface area (Å²) in [5, 5.41) is 12.5. The van der Waals surface area contributed by atoms with Crippen LogP contribution in [-0.2, 0) is 14.3 Å². The van der Waals surface area contributed by atoms with Crippen molar-refractivity contribution in [1.29, 1.82) is 0 Å². The number of hydrogen-bond donors (Lipinski definition) is 2. The van der Waals surface area contributed by atoms with Gasteiger partial charge in [0.1, 0.15) is 6.61 Å². The standard InChI is InChI=1S/C27H30N2O5/c1-17-14-29(16-26(17,2)24(31)32)23(30)13-27(11-12-27)28-25(33)34-15-22-20-9-5-3-7-18(20)19-8-4-6-10-21(19)22/h3-10,17,22H,11-16H2,1-2H3,(H,28,33)(H,31,32)/t17-,26-/m0/s1. The summed E-state index contributed by atoms with van der Waals surface area (Å²) >= 11 is 0. The first-order valence-electron chi connectivity index (χ1n) is 11.9. The SMILES string of the molecule is C[C@H]1CN(C(=O)CC2(NC(=O)OCC3c4ccccc4-c4ccccc43)CC2)C[C@]1(C)C(=O)O. The Balaban J connectivity index is 1.19. The fourth-order valence-corrected chi connectivity index (χ4v) is 5.37. The van der Waals surface area contributed by atoms with Gasteiger partial charge in [0.2, 0.25) is 5.91 Å². The van der Waals surface area contributed by atoms with Gasteiger partial charge in [-0.3, -0.25) is 9.59 Å². The lowest BCUT2D eigenvalue weighted by molar-refractivity contribution is -0.149. The molecule has 0 radical (unpaired) electrons. The minimum atomic E-state index is -0.938. The molecule has 7 nitrogen and oxygen atoms in total. The molecule has 5 rings (SSSR count). The molecule has 3 aliphatic rings. The van der Waals surface area contributed by atoms with E-state index in [1.165, 1.54) is 11.1 Å². The van der Waals surface area contributed by atoms with E-state index >= 15 is 0 Å². The summed E-state index contributed by atoms with van der Waals surface area (Å²) in [7, 11) is 0. The molecule has 1 saturated carbocycles. The van der Waals surface area contributed by atoms with Crippen LogP contribution in [0.4, 0.5) is 4.79 Å². The lowest BCUT2D eigenvalue weighted by Crippen LogP contribution is -2.43. The van der Waals surface area contributed by atoms with Gasteiger partial charge in [-0.05, 0) is 47.9 Å². The molecule has 0 bridgehead atoms. The molecule has 2 atom stereocenters. The van der Waals surface area contributed by atoms with Crippen LogP contribution in [0.5, 0.6) is 0 Å². The van der Waals surface area contributed by atoms with E-state index in [0.717, 1.165) is 11.1 Å². The summed E-state index contributed by atoms with van der Waals surface area (Å²) in [6, 6.07) is 16.4. The number of carboxylic acids is 1. The maximum Gasteiger partial charge on any atom is 0.407 e. The smallest absolute Gasteiger partial charge is 0.407 e. The van der Waals surface area contributed by atoms with Crippen molar-refractivity contribution in [3.05, 3.63) is 59.7 Å². The number of aliphatic carboxylic acids is 1. The van der Waals surface area contributed by atoms with E-state index in [1.54, 1.807) is 11.8 Å². The van der Waals surface area contributed by atoms with Gasteiger partial charge in [0, 0.05) is 19.0 Å². The van der Waals surface area contributed by atoms with Crippen LogP contribution in [0.15, 0.2) is 48.5 Å². The molecule has 0 unspecified atom stereocenters. The van der Waals surface area contributed by atoms with E-state index in [1.807, 2.05) is 31.2 Å². The number of nitrogens with zero attached hydrogens (tertiary/aromatic N) is 1. The first-order chi connectivity index (χ1) is 16.2. The third kappa shape index (κ3) is 3.83.